The van der Waals surface area contributed by atoms with E-state index in [1.54, 1.807) is 27.5 Å². The van der Waals surface area contributed by atoms with Crippen LogP contribution in [-0.4, -0.2) is 37.9 Å². The summed E-state index contributed by atoms with van der Waals surface area (Å²) in [5, 5.41) is 13.1. The molecule has 0 bridgehead atoms. The summed E-state index contributed by atoms with van der Waals surface area (Å²) in [6.45, 7) is 2.71. The van der Waals surface area contributed by atoms with Crippen LogP contribution in [0.3, 0.4) is 0 Å². The van der Waals surface area contributed by atoms with E-state index >= 15 is 0 Å². The van der Waals surface area contributed by atoms with Gasteiger partial charge in [-0.05, 0) is 14.0 Å². The molecule has 0 fully saturated rings. The van der Waals surface area contributed by atoms with Crippen LogP contribution in [-0.2, 0) is 11.3 Å². The molecule has 0 aliphatic carbocycles. The van der Waals surface area contributed by atoms with Crippen LogP contribution in [0.2, 0.25) is 0 Å². The first-order valence-corrected chi connectivity index (χ1v) is 5.49. The van der Waals surface area contributed by atoms with E-state index in [0.717, 1.165) is 16.8 Å². The molecule has 2 N–H and O–H groups in total. The Morgan fingerprint density at radius 2 is 2.18 bits per heavy atom. The zero-order chi connectivity index (χ0) is 12.8. The zero-order valence-corrected chi connectivity index (χ0v) is 10.8. The van der Waals surface area contributed by atoms with E-state index in [0.29, 0.717) is 18.9 Å². The summed E-state index contributed by atoms with van der Waals surface area (Å²) >= 11 is 0. The molecular formula is C12H20N2O3. The number of nitrogens with one attached hydrogen (secondary N) is 1. The van der Waals surface area contributed by atoms with E-state index < -0.39 is 6.10 Å². The fourth-order valence-electron chi connectivity index (χ4n) is 1.83. The quantitative estimate of drug-likeness (QED) is 0.770. The Hall–Kier alpha value is -1.17. The van der Waals surface area contributed by atoms with Gasteiger partial charge in [-0.2, -0.15) is 0 Å². The number of hydrogen-bond donors (Lipinski definition) is 2. The molecule has 5 heteroatoms. The van der Waals surface area contributed by atoms with Crippen molar-refractivity contribution in [2.75, 3.05) is 27.8 Å². The second kappa shape index (κ2) is 6.54. The van der Waals surface area contributed by atoms with Crippen LogP contribution in [0.4, 0.5) is 0 Å². The number of aliphatic hydroxyl groups is 1. The third-order valence-corrected chi connectivity index (χ3v) is 2.57. The van der Waals surface area contributed by atoms with Crippen molar-refractivity contribution < 1.29 is 14.6 Å². The van der Waals surface area contributed by atoms with Gasteiger partial charge < -0.3 is 19.9 Å². The lowest BCUT2D eigenvalue weighted by molar-refractivity contribution is 0.157. The first-order chi connectivity index (χ1) is 8.15. The van der Waals surface area contributed by atoms with E-state index in [9.17, 15) is 5.11 Å². The highest BCUT2D eigenvalue weighted by atomic mass is 16.5. The smallest absolute Gasteiger partial charge is 0.146 e. The maximum atomic E-state index is 10.1. The monoisotopic (exact) mass is 240 g/mol. The second-order valence-electron chi connectivity index (χ2n) is 3.82. The Labute approximate surface area is 102 Å². The minimum atomic E-state index is -0.637. The predicted octanol–water partition coefficient (Wildman–Crippen LogP) is 0.798. The first-order valence-electron chi connectivity index (χ1n) is 5.49. The number of likely N-dealkylation sites (N-methyl/N-ethyl adjacent to an activating group) is 1. The molecule has 17 heavy (non-hydrogen) atoms. The third-order valence-electron chi connectivity index (χ3n) is 2.57. The predicted molar refractivity (Wildman–Crippen MR) is 65.1 cm³/mol. The van der Waals surface area contributed by atoms with Crippen molar-refractivity contribution >= 4 is 0 Å². The van der Waals surface area contributed by atoms with Crippen molar-refractivity contribution in [2.24, 2.45) is 0 Å². The topological polar surface area (TPSA) is 63.6 Å². The van der Waals surface area contributed by atoms with Crippen LogP contribution < -0.4 is 10.1 Å². The van der Waals surface area contributed by atoms with Gasteiger partial charge in [-0.25, -0.2) is 0 Å². The van der Waals surface area contributed by atoms with E-state index in [-0.39, 0.29) is 0 Å². The molecule has 1 heterocycles. The summed E-state index contributed by atoms with van der Waals surface area (Å²) < 4.78 is 10.4. The second-order valence-corrected chi connectivity index (χ2v) is 3.82. The lowest BCUT2D eigenvalue weighted by Gasteiger charge is -2.19. The molecule has 0 saturated carbocycles. The van der Waals surface area contributed by atoms with Gasteiger partial charge in [0, 0.05) is 31.0 Å². The highest BCUT2D eigenvalue weighted by Gasteiger charge is 2.19. The first kappa shape index (κ1) is 13.9. The molecular weight excluding hydrogens is 220 g/mol. The maximum absolute atomic E-state index is 10.1. The molecule has 0 aromatic carbocycles. The summed E-state index contributed by atoms with van der Waals surface area (Å²) in [4.78, 5) is 4.24. The van der Waals surface area contributed by atoms with Gasteiger partial charge in [0.2, 0.25) is 0 Å². The lowest BCUT2D eigenvalue weighted by Crippen LogP contribution is -2.19. The van der Waals surface area contributed by atoms with Crippen LogP contribution in [0.25, 0.3) is 0 Å². The molecule has 0 aliphatic heterocycles. The molecule has 0 saturated heterocycles. The number of nitrogens with zero attached hydrogens (tertiary/aromatic N) is 1. The third kappa shape index (κ3) is 3.15. The number of hydrogen-bond acceptors (Lipinski definition) is 5. The summed E-state index contributed by atoms with van der Waals surface area (Å²) in [5.74, 6) is 0.627. The Morgan fingerprint density at radius 1 is 1.47 bits per heavy atom. The molecule has 0 aliphatic rings. The number of pyridine rings is 1. The van der Waals surface area contributed by atoms with Crippen molar-refractivity contribution in [3.8, 4) is 5.75 Å². The number of aliphatic hydroxyl groups excluding tert-OH is 1. The summed E-state index contributed by atoms with van der Waals surface area (Å²) in [5.41, 5.74) is 2.35. The van der Waals surface area contributed by atoms with Crippen molar-refractivity contribution in [3.63, 3.8) is 0 Å². The Morgan fingerprint density at radius 3 is 2.71 bits per heavy atom. The molecule has 96 valence electrons. The van der Waals surface area contributed by atoms with E-state index in [4.69, 9.17) is 9.47 Å². The normalized spacial score (nSPS) is 12.5. The molecule has 0 amide bonds. The summed E-state index contributed by atoms with van der Waals surface area (Å²) in [6.07, 6.45) is 1.08. The minimum Gasteiger partial charge on any atom is -0.494 e. The van der Waals surface area contributed by atoms with Crippen molar-refractivity contribution in [3.05, 3.63) is 23.0 Å². The van der Waals surface area contributed by atoms with Crippen LogP contribution in [0, 0.1) is 6.92 Å². The van der Waals surface area contributed by atoms with Gasteiger partial charge in [-0.3, -0.25) is 4.98 Å². The van der Waals surface area contributed by atoms with E-state index in [2.05, 4.69) is 10.3 Å². The SMILES string of the molecule is CNCC(O)c1c(COC)cnc(C)c1OC. The van der Waals surface area contributed by atoms with Crippen LogP contribution in [0.1, 0.15) is 22.9 Å². The van der Waals surface area contributed by atoms with E-state index in [1.165, 1.54) is 0 Å². The van der Waals surface area contributed by atoms with Crippen LogP contribution >= 0.6 is 0 Å². The number of ether oxygens (including phenoxy) is 2. The summed E-state index contributed by atoms with van der Waals surface area (Å²) in [6, 6.07) is 0. The van der Waals surface area contributed by atoms with Gasteiger partial charge in [-0.15, -0.1) is 0 Å². The number of aryl methyl sites for hydroxylation is 1. The van der Waals surface area contributed by atoms with Gasteiger partial charge in [0.15, 0.2) is 0 Å². The number of rotatable bonds is 6. The van der Waals surface area contributed by atoms with E-state index in [1.807, 2.05) is 6.92 Å². The number of methoxy groups -OCH3 is 2. The Kier molecular flexibility index (Phi) is 5.34. The zero-order valence-electron chi connectivity index (χ0n) is 10.8. The lowest BCUT2D eigenvalue weighted by atomic mass is 10.0. The average molecular weight is 240 g/mol. The molecule has 1 aromatic rings. The standard InChI is InChI=1S/C12H20N2O3/c1-8-12(17-4)11(10(15)6-13-2)9(5-14-8)7-16-3/h5,10,13,15H,6-7H2,1-4H3. The van der Waals surface area contributed by atoms with Crippen LogP contribution in [0.15, 0.2) is 6.20 Å². The molecule has 1 unspecified atom stereocenters. The minimum absolute atomic E-state index is 0.403. The number of aromatic nitrogens is 1. The van der Waals surface area contributed by atoms with Crippen molar-refractivity contribution in [1.82, 2.24) is 10.3 Å². The van der Waals surface area contributed by atoms with Gasteiger partial charge >= 0.3 is 0 Å². The Balaban J connectivity index is 3.22. The van der Waals surface area contributed by atoms with Crippen LogP contribution in [0.5, 0.6) is 5.75 Å². The summed E-state index contributed by atoms with van der Waals surface area (Å²) in [7, 11) is 4.98. The van der Waals surface area contributed by atoms with Gasteiger partial charge in [0.25, 0.3) is 0 Å². The van der Waals surface area contributed by atoms with Gasteiger partial charge in [-0.1, -0.05) is 0 Å². The maximum Gasteiger partial charge on any atom is 0.146 e. The fourth-order valence-corrected chi connectivity index (χ4v) is 1.83. The molecule has 0 radical (unpaired) electrons. The van der Waals surface area contributed by atoms with Crippen molar-refractivity contribution in [1.29, 1.82) is 0 Å². The highest BCUT2D eigenvalue weighted by molar-refractivity contribution is 5.43. The van der Waals surface area contributed by atoms with Gasteiger partial charge in [0.05, 0.1) is 25.5 Å². The van der Waals surface area contributed by atoms with Crippen molar-refractivity contribution in [2.45, 2.75) is 19.6 Å². The average Bonchev–Trinajstić information content (AvgIpc) is 2.31. The molecule has 1 atom stereocenters. The molecule has 1 rings (SSSR count). The van der Waals surface area contributed by atoms with Gasteiger partial charge in [0.1, 0.15) is 5.75 Å². The molecule has 5 nitrogen and oxygen atoms in total. The highest BCUT2D eigenvalue weighted by Crippen LogP contribution is 2.30. The molecule has 1 aromatic heterocycles. The Bertz CT molecular complexity index is 369. The molecule has 0 spiro atoms. The largest absolute Gasteiger partial charge is 0.494 e. The fraction of sp³-hybridized carbons (Fsp3) is 0.583.